The Morgan fingerprint density at radius 1 is 1.09 bits per heavy atom. The van der Waals surface area contributed by atoms with E-state index in [1.54, 1.807) is 60.9 Å². The normalized spacial score (nSPS) is 10.6. The first-order valence-electron chi connectivity index (χ1n) is 10.1. The molecule has 0 radical (unpaired) electrons. The lowest BCUT2D eigenvalue weighted by Crippen LogP contribution is -2.27. The Kier molecular flexibility index (Phi) is 8.37. The Morgan fingerprint density at radius 3 is 2.45 bits per heavy atom. The number of ether oxygens (including phenoxy) is 2. The number of hydrogen-bond donors (Lipinski definition) is 3. The Bertz CT molecular complexity index is 1110. The third-order valence-corrected chi connectivity index (χ3v) is 4.66. The molecule has 2 aromatic carbocycles. The summed E-state index contributed by atoms with van der Waals surface area (Å²) in [6.45, 7) is 2.59. The molecule has 3 aromatic rings. The second kappa shape index (κ2) is 11.6. The number of benzene rings is 2. The predicted octanol–water partition coefficient (Wildman–Crippen LogP) is 5.31. The molecular formula is C24H24ClN3O5. The largest absolute Gasteiger partial charge is 0.493 e. The minimum absolute atomic E-state index is 0.282. The van der Waals surface area contributed by atoms with Crippen molar-refractivity contribution in [3.63, 3.8) is 0 Å². The topological polar surface area (TPSA) is 102 Å². The molecular weight excluding hydrogens is 446 g/mol. The van der Waals surface area contributed by atoms with Crippen LogP contribution in [0.25, 0.3) is 6.08 Å². The molecule has 33 heavy (non-hydrogen) atoms. The number of carbonyl (C=O) groups excluding carboxylic acids is 2. The highest BCUT2D eigenvalue weighted by Crippen LogP contribution is 2.36. The first-order chi connectivity index (χ1) is 16.0. The van der Waals surface area contributed by atoms with E-state index in [9.17, 15) is 9.59 Å². The zero-order valence-electron chi connectivity index (χ0n) is 18.2. The highest BCUT2D eigenvalue weighted by molar-refractivity contribution is 6.32. The SMILES string of the molecule is CCOc1c(Cl)cc(/C=C/C(=O)Nc2ccc(NC(=O)NCc3ccco3)cc2)cc1OC. The molecule has 3 N–H and O–H groups in total. The number of furan rings is 1. The molecule has 3 rings (SSSR count). The number of methoxy groups -OCH3 is 1. The van der Waals surface area contributed by atoms with Gasteiger partial charge in [-0.05, 0) is 67.1 Å². The molecule has 0 saturated heterocycles. The molecule has 0 spiro atoms. The van der Waals surface area contributed by atoms with Crippen LogP contribution in [0.3, 0.4) is 0 Å². The van der Waals surface area contributed by atoms with E-state index >= 15 is 0 Å². The molecule has 0 aliphatic rings. The van der Waals surface area contributed by atoms with Crippen LogP contribution in [0.4, 0.5) is 16.2 Å². The predicted molar refractivity (Wildman–Crippen MR) is 128 cm³/mol. The smallest absolute Gasteiger partial charge is 0.319 e. The fourth-order valence-corrected chi connectivity index (χ4v) is 3.14. The highest BCUT2D eigenvalue weighted by atomic mass is 35.5. The lowest BCUT2D eigenvalue weighted by Gasteiger charge is -2.11. The van der Waals surface area contributed by atoms with E-state index in [-0.39, 0.29) is 18.5 Å². The summed E-state index contributed by atoms with van der Waals surface area (Å²) < 4.78 is 16.0. The standard InChI is InChI=1S/C24H24ClN3O5/c1-3-32-23-20(25)13-16(14-21(23)31-2)6-11-22(29)27-17-7-9-18(10-8-17)28-24(30)26-15-19-5-4-12-33-19/h4-14H,3,15H2,1-2H3,(H,27,29)(H2,26,28,30)/b11-6+. The molecule has 0 aliphatic heterocycles. The first kappa shape index (κ1) is 23.7. The molecule has 1 aromatic heterocycles. The molecule has 172 valence electrons. The summed E-state index contributed by atoms with van der Waals surface area (Å²) in [5.74, 6) is 1.28. The van der Waals surface area contributed by atoms with Gasteiger partial charge in [-0.3, -0.25) is 4.79 Å². The third-order valence-electron chi connectivity index (χ3n) is 4.38. The van der Waals surface area contributed by atoms with E-state index in [0.29, 0.717) is 45.8 Å². The third kappa shape index (κ3) is 7.05. The molecule has 0 unspecified atom stereocenters. The van der Waals surface area contributed by atoms with Gasteiger partial charge in [-0.25, -0.2) is 4.79 Å². The van der Waals surface area contributed by atoms with Gasteiger partial charge in [-0.15, -0.1) is 0 Å². The van der Waals surface area contributed by atoms with Crippen molar-refractivity contribution >= 4 is 41.0 Å². The van der Waals surface area contributed by atoms with Crippen LogP contribution in [0, 0.1) is 0 Å². The van der Waals surface area contributed by atoms with Gasteiger partial charge < -0.3 is 29.8 Å². The van der Waals surface area contributed by atoms with Gasteiger partial charge in [-0.1, -0.05) is 11.6 Å². The van der Waals surface area contributed by atoms with E-state index in [1.807, 2.05) is 6.92 Å². The Morgan fingerprint density at radius 2 is 1.82 bits per heavy atom. The van der Waals surface area contributed by atoms with Crippen molar-refractivity contribution in [2.75, 3.05) is 24.4 Å². The summed E-state index contributed by atoms with van der Waals surface area (Å²) in [5.41, 5.74) is 1.85. The zero-order valence-corrected chi connectivity index (χ0v) is 18.9. The van der Waals surface area contributed by atoms with Crippen LogP contribution in [0.2, 0.25) is 5.02 Å². The van der Waals surface area contributed by atoms with Crippen LogP contribution in [0.1, 0.15) is 18.2 Å². The molecule has 0 saturated carbocycles. The number of halogens is 1. The van der Waals surface area contributed by atoms with Gasteiger partial charge >= 0.3 is 6.03 Å². The lowest BCUT2D eigenvalue weighted by atomic mass is 10.2. The molecule has 0 aliphatic carbocycles. The number of amides is 3. The molecule has 0 fully saturated rings. The van der Waals surface area contributed by atoms with E-state index in [2.05, 4.69) is 16.0 Å². The minimum Gasteiger partial charge on any atom is -0.493 e. The number of urea groups is 1. The van der Waals surface area contributed by atoms with Crippen molar-refractivity contribution in [1.29, 1.82) is 0 Å². The summed E-state index contributed by atoms with van der Waals surface area (Å²) in [5, 5.41) is 8.55. The molecule has 0 atom stereocenters. The fraction of sp³-hybridized carbons (Fsp3) is 0.167. The quantitative estimate of drug-likeness (QED) is 0.368. The maximum Gasteiger partial charge on any atom is 0.319 e. The van der Waals surface area contributed by atoms with Crippen molar-refractivity contribution < 1.29 is 23.5 Å². The number of anilines is 2. The van der Waals surface area contributed by atoms with Gasteiger partial charge in [0.15, 0.2) is 11.5 Å². The van der Waals surface area contributed by atoms with Crippen LogP contribution in [0.5, 0.6) is 11.5 Å². The number of hydrogen-bond acceptors (Lipinski definition) is 5. The molecule has 3 amide bonds. The van der Waals surface area contributed by atoms with E-state index in [4.69, 9.17) is 25.5 Å². The Hall–Kier alpha value is -3.91. The Balaban J connectivity index is 1.53. The minimum atomic E-state index is -0.365. The highest BCUT2D eigenvalue weighted by Gasteiger charge is 2.11. The molecule has 9 heteroatoms. The summed E-state index contributed by atoms with van der Waals surface area (Å²) >= 11 is 6.26. The van der Waals surface area contributed by atoms with Crippen molar-refractivity contribution in [3.05, 3.63) is 77.2 Å². The van der Waals surface area contributed by atoms with Crippen molar-refractivity contribution in [2.24, 2.45) is 0 Å². The monoisotopic (exact) mass is 469 g/mol. The second-order valence-electron chi connectivity index (χ2n) is 6.75. The molecule has 8 nitrogen and oxygen atoms in total. The van der Waals surface area contributed by atoms with Gasteiger partial charge in [-0.2, -0.15) is 0 Å². The van der Waals surface area contributed by atoms with Gasteiger partial charge in [0.05, 0.1) is 31.5 Å². The number of carbonyl (C=O) groups is 2. The lowest BCUT2D eigenvalue weighted by molar-refractivity contribution is -0.111. The van der Waals surface area contributed by atoms with Crippen molar-refractivity contribution in [2.45, 2.75) is 13.5 Å². The van der Waals surface area contributed by atoms with Gasteiger partial charge in [0.1, 0.15) is 5.76 Å². The van der Waals surface area contributed by atoms with Crippen molar-refractivity contribution in [1.82, 2.24) is 5.32 Å². The molecule has 1 heterocycles. The van der Waals surface area contributed by atoms with E-state index in [1.165, 1.54) is 13.2 Å². The summed E-state index contributed by atoms with van der Waals surface area (Å²) in [4.78, 5) is 24.2. The number of nitrogens with one attached hydrogen (secondary N) is 3. The summed E-state index contributed by atoms with van der Waals surface area (Å²) in [7, 11) is 1.52. The van der Waals surface area contributed by atoms with E-state index < -0.39 is 0 Å². The zero-order chi connectivity index (χ0) is 23.6. The van der Waals surface area contributed by atoms with E-state index in [0.717, 1.165) is 0 Å². The summed E-state index contributed by atoms with van der Waals surface area (Å²) in [6.07, 6.45) is 4.56. The second-order valence-corrected chi connectivity index (χ2v) is 7.16. The average molecular weight is 470 g/mol. The van der Waals surface area contributed by atoms with Crippen molar-refractivity contribution in [3.8, 4) is 11.5 Å². The first-order valence-corrected chi connectivity index (χ1v) is 10.5. The van der Waals surface area contributed by atoms with Gasteiger partial charge in [0.2, 0.25) is 5.91 Å². The number of rotatable bonds is 9. The van der Waals surface area contributed by atoms with Crippen LogP contribution in [-0.4, -0.2) is 25.7 Å². The van der Waals surface area contributed by atoms with Gasteiger partial charge in [0, 0.05) is 17.5 Å². The Labute approximate surface area is 196 Å². The maximum absolute atomic E-state index is 12.3. The maximum atomic E-state index is 12.3. The van der Waals surface area contributed by atoms with Crippen LogP contribution in [0.15, 0.2) is 65.3 Å². The van der Waals surface area contributed by atoms with Crippen LogP contribution >= 0.6 is 11.6 Å². The summed E-state index contributed by atoms with van der Waals surface area (Å²) in [6, 6.07) is 13.3. The van der Waals surface area contributed by atoms with Crippen LogP contribution in [-0.2, 0) is 11.3 Å². The molecule has 0 bridgehead atoms. The fourth-order valence-electron chi connectivity index (χ4n) is 2.87. The van der Waals surface area contributed by atoms with Crippen LogP contribution < -0.4 is 25.4 Å². The van der Waals surface area contributed by atoms with Gasteiger partial charge in [0.25, 0.3) is 0 Å². The average Bonchev–Trinajstić information content (AvgIpc) is 3.33.